The molecule has 2 aromatic carbocycles. The number of aryl methyl sites for hydroxylation is 2. The maximum absolute atomic E-state index is 11.9. The van der Waals surface area contributed by atoms with E-state index in [-0.39, 0.29) is 6.61 Å². The lowest BCUT2D eigenvalue weighted by Gasteiger charge is -2.12. The number of carbonyl (C=O) groups excluding carboxylic acids is 1. The molecule has 128 valence electrons. The number of ether oxygens (including phenoxy) is 2. The monoisotopic (exact) mass is 338 g/mol. The van der Waals surface area contributed by atoms with E-state index in [0.717, 1.165) is 16.5 Å². The van der Waals surface area contributed by atoms with Crippen LogP contribution in [0.15, 0.2) is 45.6 Å². The lowest BCUT2D eigenvalue weighted by atomic mass is 10.0. The average Bonchev–Trinajstić information content (AvgIpc) is 2.63. The van der Waals surface area contributed by atoms with Gasteiger partial charge in [0.05, 0.1) is 12.7 Å². The molecule has 0 fully saturated rings. The first-order valence-electron chi connectivity index (χ1n) is 7.82. The van der Waals surface area contributed by atoms with E-state index in [1.165, 1.54) is 13.2 Å². The van der Waals surface area contributed by atoms with E-state index in [9.17, 15) is 9.59 Å². The van der Waals surface area contributed by atoms with E-state index >= 15 is 0 Å². The summed E-state index contributed by atoms with van der Waals surface area (Å²) in [4.78, 5) is 23.1. The third kappa shape index (κ3) is 3.26. The van der Waals surface area contributed by atoms with Crippen LogP contribution in [0.2, 0.25) is 0 Å². The van der Waals surface area contributed by atoms with Crippen molar-refractivity contribution in [3.8, 4) is 11.5 Å². The summed E-state index contributed by atoms with van der Waals surface area (Å²) in [6.45, 7) is 4.03. The van der Waals surface area contributed by atoms with Crippen LogP contribution in [0.25, 0.3) is 11.0 Å². The lowest BCUT2D eigenvalue weighted by molar-refractivity contribution is 0.111. The molecule has 0 amide bonds. The van der Waals surface area contributed by atoms with Crippen LogP contribution in [0.3, 0.4) is 0 Å². The standard InChI is InChI=1S/C20H18O5/c1-12-4-6-17-15(9-19(22)25-20(17)13(12)2)11-24-18-7-5-16(23-3)8-14(18)10-21/h4-10H,11H2,1-3H3. The SMILES string of the molecule is COc1ccc(OCc2cc(=O)oc3c(C)c(C)ccc23)c(C=O)c1. The van der Waals surface area contributed by atoms with Gasteiger partial charge < -0.3 is 13.9 Å². The quantitative estimate of drug-likeness (QED) is 0.523. The molecule has 0 aliphatic carbocycles. The zero-order chi connectivity index (χ0) is 18.0. The molecular weight excluding hydrogens is 320 g/mol. The van der Waals surface area contributed by atoms with Gasteiger partial charge in [-0.3, -0.25) is 4.79 Å². The van der Waals surface area contributed by atoms with Crippen molar-refractivity contribution in [1.82, 2.24) is 0 Å². The first-order valence-corrected chi connectivity index (χ1v) is 7.82. The minimum absolute atomic E-state index is 0.151. The molecule has 5 heteroatoms. The summed E-state index contributed by atoms with van der Waals surface area (Å²) in [7, 11) is 1.53. The number of hydrogen-bond acceptors (Lipinski definition) is 5. The van der Waals surface area contributed by atoms with Gasteiger partial charge in [0, 0.05) is 17.0 Å². The van der Waals surface area contributed by atoms with Gasteiger partial charge in [-0.1, -0.05) is 12.1 Å². The average molecular weight is 338 g/mol. The number of rotatable bonds is 5. The van der Waals surface area contributed by atoms with Crippen LogP contribution in [0, 0.1) is 13.8 Å². The van der Waals surface area contributed by atoms with Crippen LogP contribution in [0.5, 0.6) is 11.5 Å². The Morgan fingerprint density at radius 3 is 2.64 bits per heavy atom. The van der Waals surface area contributed by atoms with Gasteiger partial charge in [0.2, 0.25) is 0 Å². The van der Waals surface area contributed by atoms with Crippen molar-refractivity contribution in [3.05, 3.63) is 69.1 Å². The van der Waals surface area contributed by atoms with E-state index in [2.05, 4.69) is 0 Å². The molecule has 0 N–H and O–H groups in total. The predicted molar refractivity (Wildman–Crippen MR) is 94.7 cm³/mol. The summed E-state index contributed by atoms with van der Waals surface area (Å²) < 4.78 is 16.2. The molecule has 1 heterocycles. The second kappa shape index (κ2) is 6.81. The number of fused-ring (bicyclic) bond motifs is 1. The Morgan fingerprint density at radius 2 is 1.92 bits per heavy atom. The van der Waals surface area contributed by atoms with Crippen LogP contribution >= 0.6 is 0 Å². The number of aldehydes is 1. The zero-order valence-corrected chi connectivity index (χ0v) is 14.3. The number of methoxy groups -OCH3 is 1. The molecule has 0 saturated carbocycles. The normalized spacial score (nSPS) is 10.7. The molecule has 5 nitrogen and oxygen atoms in total. The van der Waals surface area contributed by atoms with Crippen LogP contribution in [-0.4, -0.2) is 13.4 Å². The topological polar surface area (TPSA) is 65.7 Å². The second-order valence-corrected chi connectivity index (χ2v) is 5.79. The largest absolute Gasteiger partial charge is 0.497 e. The molecule has 3 rings (SSSR count). The molecule has 0 aliphatic heterocycles. The van der Waals surface area contributed by atoms with Gasteiger partial charge in [-0.25, -0.2) is 4.79 Å². The molecule has 1 aromatic heterocycles. The molecule has 0 spiro atoms. The Labute approximate surface area is 144 Å². The maximum Gasteiger partial charge on any atom is 0.336 e. The van der Waals surface area contributed by atoms with E-state index in [1.807, 2.05) is 26.0 Å². The highest BCUT2D eigenvalue weighted by Crippen LogP contribution is 2.26. The fraction of sp³-hybridized carbons (Fsp3) is 0.200. The zero-order valence-electron chi connectivity index (χ0n) is 14.3. The number of carbonyl (C=O) groups is 1. The molecule has 0 radical (unpaired) electrons. The van der Waals surface area contributed by atoms with Crippen molar-refractivity contribution in [2.24, 2.45) is 0 Å². The summed E-state index contributed by atoms with van der Waals surface area (Å²) >= 11 is 0. The molecular formula is C20H18O5. The Hall–Kier alpha value is -3.08. The van der Waals surface area contributed by atoms with Crippen LogP contribution < -0.4 is 15.1 Å². The van der Waals surface area contributed by atoms with Crippen molar-refractivity contribution < 1.29 is 18.7 Å². The Balaban J connectivity index is 1.98. The molecule has 0 atom stereocenters. The summed E-state index contributed by atoms with van der Waals surface area (Å²) in [5, 5.41) is 0.823. The summed E-state index contributed by atoms with van der Waals surface area (Å²) in [6, 6.07) is 10.3. The highest BCUT2D eigenvalue weighted by Gasteiger charge is 2.11. The van der Waals surface area contributed by atoms with Crippen molar-refractivity contribution in [2.75, 3.05) is 7.11 Å². The lowest BCUT2D eigenvalue weighted by Crippen LogP contribution is -2.06. The predicted octanol–water partition coefficient (Wildman–Crippen LogP) is 3.81. The molecule has 0 saturated heterocycles. The van der Waals surface area contributed by atoms with Gasteiger partial charge in [-0.2, -0.15) is 0 Å². The smallest absolute Gasteiger partial charge is 0.336 e. The number of hydrogen-bond donors (Lipinski definition) is 0. The molecule has 0 aliphatic rings. The van der Waals surface area contributed by atoms with Crippen LogP contribution in [-0.2, 0) is 6.61 Å². The van der Waals surface area contributed by atoms with E-state index in [1.54, 1.807) is 18.2 Å². The van der Waals surface area contributed by atoms with Crippen molar-refractivity contribution in [2.45, 2.75) is 20.5 Å². The fourth-order valence-electron chi connectivity index (χ4n) is 2.68. The van der Waals surface area contributed by atoms with Crippen molar-refractivity contribution in [1.29, 1.82) is 0 Å². The molecule has 0 unspecified atom stereocenters. The maximum atomic E-state index is 11.9. The highest BCUT2D eigenvalue weighted by molar-refractivity contribution is 5.84. The summed E-state index contributed by atoms with van der Waals surface area (Å²) in [6.07, 6.45) is 0.711. The first kappa shape index (κ1) is 16.8. The van der Waals surface area contributed by atoms with Crippen LogP contribution in [0.4, 0.5) is 0 Å². The Morgan fingerprint density at radius 1 is 1.12 bits per heavy atom. The van der Waals surface area contributed by atoms with Gasteiger partial charge in [0.1, 0.15) is 23.7 Å². The number of benzene rings is 2. The van der Waals surface area contributed by atoms with Gasteiger partial charge in [-0.05, 0) is 43.2 Å². The third-order valence-electron chi connectivity index (χ3n) is 4.24. The Kier molecular flexibility index (Phi) is 4.57. The van der Waals surface area contributed by atoms with E-state index in [4.69, 9.17) is 13.9 Å². The van der Waals surface area contributed by atoms with Gasteiger partial charge >= 0.3 is 5.63 Å². The van der Waals surface area contributed by atoms with Gasteiger partial charge in [-0.15, -0.1) is 0 Å². The summed E-state index contributed by atoms with van der Waals surface area (Å²) in [5.74, 6) is 1.01. The van der Waals surface area contributed by atoms with E-state index < -0.39 is 5.63 Å². The fourth-order valence-corrected chi connectivity index (χ4v) is 2.68. The molecule has 25 heavy (non-hydrogen) atoms. The van der Waals surface area contributed by atoms with Crippen molar-refractivity contribution >= 4 is 17.3 Å². The third-order valence-corrected chi connectivity index (χ3v) is 4.24. The van der Waals surface area contributed by atoms with Crippen molar-refractivity contribution in [3.63, 3.8) is 0 Å². The van der Waals surface area contributed by atoms with Crippen LogP contribution in [0.1, 0.15) is 27.0 Å². The first-order chi connectivity index (χ1) is 12.0. The minimum atomic E-state index is -0.426. The van der Waals surface area contributed by atoms with Gasteiger partial charge in [0.15, 0.2) is 6.29 Å². The second-order valence-electron chi connectivity index (χ2n) is 5.79. The summed E-state index contributed by atoms with van der Waals surface area (Å²) in [5.41, 5.74) is 3.21. The molecule has 0 bridgehead atoms. The highest BCUT2D eigenvalue weighted by atomic mass is 16.5. The molecule has 3 aromatic rings. The van der Waals surface area contributed by atoms with E-state index in [0.29, 0.717) is 34.5 Å². The minimum Gasteiger partial charge on any atom is -0.497 e. The van der Waals surface area contributed by atoms with Gasteiger partial charge in [0.25, 0.3) is 0 Å². The Bertz CT molecular complexity index is 1000.